The van der Waals surface area contributed by atoms with Gasteiger partial charge in [0.25, 0.3) is 0 Å². The van der Waals surface area contributed by atoms with Crippen molar-refractivity contribution in [3.8, 4) is 0 Å². The number of H-pyrrole nitrogens is 1. The predicted molar refractivity (Wildman–Crippen MR) is 69.8 cm³/mol. The van der Waals surface area contributed by atoms with E-state index >= 15 is 0 Å². The third kappa shape index (κ3) is 2.95. The molecule has 0 saturated heterocycles. The lowest BCUT2D eigenvalue weighted by Gasteiger charge is -2.04. The highest BCUT2D eigenvalue weighted by atomic mass is 127. The lowest BCUT2D eigenvalue weighted by Crippen LogP contribution is -2.01. The van der Waals surface area contributed by atoms with Gasteiger partial charge >= 0.3 is 0 Å². The van der Waals surface area contributed by atoms with Crippen molar-refractivity contribution in [3.63, 3.8) is 0 Å². The van der Waals surface area contributed by atoms with Gasteiger partial charge in [-0.25, -0.2) is 4.98 Å². The molecule has 0 saturated carbocycles. The zero-order valence-electron chi connectivity index (χ0n) is 8.42. The molecule has 3 nitrogen and oxygen atoms in total. The molecule has 0 fully saturated rings. The number of nitrogens with one attached hydrogen (secondary N) is 2. The topological polar surface area (TPSA) is 40.7 Å². The van der Waals surface area contributed by atoms with Crippen LogP contribution in [0.3, 0.4) is 0 Å². The minimum atomic E-state index is 0.730. The summed E-state index contributed by atoms with van der Waals surface area (Å²) in [5.41, 5.74) is 2.21. The van der Waals surface area contributed by atoms with Crippen LogP contribution in [0.5, 0.6) is 0 Å². The number of benzene rings is 1. The summed E-state index contributed by atoms with van der Waals surface area (Å²) < 4.78 is 1.23. The molecule has 0 aliphatic carbocycles. The zero-order valence-corrected chi connectivity index (χ0v) is 10.6. The quantitative estimate of drug-likeness (QED) is 0.856. The fourth-order valence-electron chi connectivity index (χ4n) is 1.34. The van der Waals surface area contributed by atoms with Crippen molar-refractivity contribution in [1.29, 1.82) is 0 Å². The van der Waals surface area contributed by atoms with Crippen molar-refractivity contribution < 1.29 is 0 Å². The van der Waals surface area contributed by atoms with Gasteiger partial charge in [-0.05, 0) is 47.7 Å². The lowest BCUT2D eigenvalue weighted by molar-refractivity contribution is 0.992. The van der Waals surface area contributed by atoms with Gasteiger partial charge in [-0.1, -0.05) is 6.07 Å². The van der Waals surface area contributed by atoms with Gasteiger partial charge in [0.15, 0.2) is 0 Å². The third-order valence-corrected chi connectivity index (χ3v) is 2.71. The van der Waals surface area contributed by atoms with Crippen LogP contribution >= 0.6 is 22.6 Å². The Morgan fingerprint density at radius 3 is 3.00 bits per heavy atom. The number of halogens is 1. The van der Waals surface area contributed by atoms with Gasteiger partial charge in [0, 0.05) is 21.1 Å². The van der Waals surface area contributed by atoms with Crippen LogP contribution in [0.25, 0.3) is 0 Å². The molecule has 0 aliphatic heterocycles. The molecule has 0 unspecified atom stereocenters. The summed E-state index contributed by atoms with van der Waals surface area (Å²) in [6.07, 6.45) is 1.84. The van der Waals surface area contributed by atoms with Gasteiger partial charge in [0.05, 0.1) is 6.54 Å². The average Bonchev–Trinajstić information content (AvgIpc) is 2.62. The highest BCUT2D eigenvalue weighted by molar-refractivity contribution is 14.1. The van der Waals surface area contributed by atoms with E-state index in [1.807, 2.05) is 19.2 Å². The van der Waals surface area contributed by atoms with E-state index in [2.05, 4.69) is 56.1 Å². The first-order chi connectivity index (χ1) is 7.24. The first-order valence-electron chi connectivity index (χ1n) is 4.74. The Morgan fingerprint density at radius 2 is 2.33 bits per heavy atom. The number of hydrogen-bond donors (Lipinski definition) is 2. The molecule has 2 N–H and O–H groups in total. The lowest BCUT2D eigenvalue weighted by atomic mass is 10.3. The fourth-order valence-corrected chi connectivity index (χ4v) is 1.88. The Balaban J connectivity index is 1.99. The van der Waals surface area contributed by atoms with Gasteiger partial charge in [0.2, 0.25) is 0 Å². The normalized spacial score (nSPS) is 10.3. The van der Waals surface area contributed by atoms with Crippen LogP contribution in [0, 0.1) is 10.5 Å². The van der Waals surface area contributed by atoms with Gasteiger partial charge in [-0.15, -0.1) is 0 Å². The summed E-state index contributed by atoms with van der Waals surface area (Å²) in [4.78, 5) is 7.42. The second-order valence-corrected chi connectivity index (χ2v) is 4.62. The molecule has 78 valence electrons. The highest BCUT2D eigenvalue weighted by Crippen LogP contribution is 2.12. The maximum absolute atomic E-state index is 4.23. The Labute approximate surface area is 102 Å². The van der Waals surface area contributed by atoms with Crippen molar-refractivity contribution in [3.05, 3.63) is 45.6 Å². The van der Waals surface area contributed by atoms with Crippen molar-refractivity contribution in [2.45, 2.75) is 13.5 Å². The molecule has 2 aromatic rings. The van der Waals surface area contributed by atoms with Crippen LogP contribution in [-0.2, 0) is 6.54 Å². The van der Waals surface area contributed by atoms with Crippen LogP contribution in [0.1, 0.15) is 11.5 Å². The van der Waals surface area contributed by atoms with Crippen LogP contribution in [-0.4, -0.2) is 9.97 Å². The summed E-state index contributed by atoms with van der Waals surface area (Å²) in [5, 5.41) is 3.32. The number of rotatable bonds is 3. The summed E-state index contributed by atoms with van der Waals surface area (Å²) in [7, 11) is 0. The number of hydrogen-bond acceptors (Lipinski definition) is 2. The van der Waals surface area contributed by atoms with E-state index in [1.165, 1.54) is 3.57 Å². The van der Waals surface area contributed by atoms with Gasteiger partial charge in [-0.2, -0.15) is 0 Å². The van der Waals surface area contributed by atoms with E-state index in [4.69, 9.17) is 0 Å². The van der Waals surface area contributed by atoms with Crippen LogP contribution < -0.4 is 5.32 Å². The molecule has 0 atom stereocenters. The van der Waals surface area contributed by atoms with Crippen molar-refractivity contribution >= 4 is 28.3 Å². The predicted octanol–water partition coefficient (Wildman–Crippen LogP) is 2.93. The fraction of sp³-hybridized carbons (Fsp3) is 0.182. The number of nitrogens with zero attached hydrogens (tertiary/aromatic N) is 1. The van der Waals surface area contributed by atoms with E-state index in [9.17, 15) is 0 Å². The number of aromatic nitrogens is 2. The minimum absolute atomic E-state index is 0.730. The summed E-state index contributed by atoms with van der Waals surface area (Å²) in [6, 6.07) is 8.27. The van der Waals surface area contributed by atoms with Crippen molar-refractivity contribution in [2.24, 2.45) is 0 Å². The third-order valence-electron chi connectivity index (χ3n) is 2.04. The standard InChI is InChI=1S/C11H12IN3/c1-8-6-14-11(15-8)7-13-10-4-2-3-9(12)5-10/h2-6,13H,7H2,1H3,(H,14,15). The number of aromatic amines is 1. The smallest absolute Gasteiger partial charge is 0.125 e. The SMILES string of the molecule is Cc1cnc(CNc2cccc(I)c2)[nH]1. The monoisotopic (exact) mass is 313 g/mol. The van der Waals surface area contributed by atoms with E-state index in [-0.39, 0.29) is 0 Å². The number of anilines is 1. The second kappa shape index (κ2) is 4.65. The van der Waals surface area contributed by atoms with Crippen molar-refractivity contribution in [1.82, 2.24) is 9.97 Å². The molecule has 1 aromatic heterocycles. The number of imidazole rings is 1. The van der Waals surface area contributed by atoms with Gasteiger partial charge < -0.3 is 10.3 Å². The van der Waals surface area contributed by atoms with Gasteiger partial charge in [0.1, 0.15) is 5.82 Å². The van der Waals surface area contributed by atoms with E-state index in [0.29, 0.717) is 0 Å². The molecule has 0 amide bonds. The largest absolute Gasteiger partial charge is 0.378 e. The van der Waals surface area contributed by atoms with Gasteiger partial charge in [-0.3, -0.25) is 0 Å². The highest BCUT2D eigenvalue weighted by Gasteiger charge is 1.97. The summed E-state index contributed by atoms with van der Waals surface area (Å²) in [6.45, 7) is 2.73. The first-order valence-corrected chi connectivity index (χ1v) is 5.82. The molecule has 4 heteroatoms. The Kier molecular flexibility index (Phi) is 3.25. The van der Waals surface area contributed by atoms with Crippen LogP contribution in [0.15, 0.2) is 30.5 Å². The molecule has 0 aliphatic rings. The van der Waals surface area contributed by atoms with E-state index in [0.717, 1.165) is 23.8 Å². The zero-order chi connectivity index (χ0) is 10.7. The summed E-state index contributed by atoms with van der Waals surface area (Å²) >= 11 is 2.30. The molecule has 0 spiro atoms. The molecule has 0 bridgehead atoms. The van der Waals surface area contributed by atoms with Crippen LogP contribution in [0.4, 0.5) is 5.69 Å². The molecule has 0 radical (unpaired) electrons. The van der Waals surface area contributed by atoms with E-state index in [1.54, 1.807) is 0 Å². The number of aryl methyl sites for hydroxylation is 1. The molecule has 2 rings (SSSR count). The minimum Gasteiger partial charge on any atom is -0.378 e. The van der Waals surface area contributed by atoms with Crippen molar-refractivity contribution in [2.75, 3.05) is 5.32 Å². The Bertz CT molecular complexity index is 451. The molecular weight excluding hydrogens is 301 g/mol. The summed E-state index contributed by atoms with van der Waals surface area (Å²) in [5.74, 6) is 0.964. The average molecular weight is 313 g/mol. The molecule has 15 heavy (non-hydrogen) atoms. The Hall–Kier alpha value is -1.04. The first kappa shape index (κ1) is 10.5. The maximum Gasteiger partial charge on any atom is 0.125 e. The Morgan fingerprint density at radius 1 is 1.47 bits per heavy atom. The second-order valence-electron chi connectivity index (χ2n) is 3.38. The molecule has 1 aromatic carbocycles. The molecular formula is C11H12IN3. The molecule has 1 heterocycles. The maximum atomic E-state index is 4.23. The van der Waals surface area contributed by atoms with E-state index < -0.39 is 0 Å². The van der Waals surface area contributed by atoms with Crippen LogP contribution in [0.2, 0.25) is 0 Å².